The van der Waals surface area contributed by atoms with Gasteiger partial charge in [0.05, 0.1) is 24.2 Å². The van der Waals surface area contributed by atoms with Crippen LogP contribution in [0.3, 0.4) is 0 Å². The molecule has 1 atom stereocenters. The van der Waals surface area contributed by atoms with Gasteiger partial charge in [-0.3, -0.25) is 19.2 Å². The Morgan fingerprint density at radius 1 is 1.04 bits per heavy atom. The zero-order valence-corrected chi connectivity index (χ0v) is 16.8. The molecule has 1 amide bonds. The van der Waals surface area contributed by atoms with Gasteiger partial charge < -0.3 is 4.74 Å². The first kappa shape index (κ1) is 18.4. The molecule has 2 aromatic carbocycles. The Kier molecular flexibility index (Phi) is 4.77. The highest BCUT2D eigenvalue weighted by Gasteiger charge is 2.39. The topological polar surface area (TPSA) is 56.5 Å². The highest BCUT2D eigenvalue weighted by atomic mass is 32.2. The summed E-state index contributed by atoms with van der Waals surface area (Å²) in [7, 11) is 3.44. The number of carbonyl (C=O) groups excluding carboxylic acids is 1. The average Bonchev–Trinajstić information content (AvgIpc) is 3.19. The van der Waals surface area contributed by atoms with Gasteiger partial charge in [0.2, 0.25) is 5.91 Å². The van der Waals surface area contributed by atoms with Gasteiger partial charge in [-0.25, -0.2) is 4.68 Å². The maximum atomic E-state index is 13.4. The molecule has 2 heterocycles. The van der Waals surface area contributed by atoms with Crippen molar-refractivity contribution >= 4 is 23.4 Å². The molecular weight excluding hydrogens is 374 g/mol. The summed E-state index contributed by atoms with van der Waals surface area (Å²) >= 11 is 1.50. The monoisotopic (exact) mass is 395 g/mol. The lowest BCUT2D eigenvalue weighted by atomic mass is 10.1. The fourth-order valence-electron chi connectivity index (χ4n) is 3.60. The SMILES string of the molecule is COc1ccccc1[C@@H]1SCC(=O)N1c1c(C)n(C)n(-c2ccccc2)c1=O. The lowest BCUT2D eigenvalue weighted by Gasteiger charge is -2.24. The molecule has 0 saturated carbocycles. The number of rotatable bonds is 4. The van der Waals surface area contributed by atoms with Gasteiger partial charge in [0.25, 0.3) is 5.56 Å². The van der Waals surface area contributed by atoms with Crippen molar-refractivity contribution in [3.8, 4) is 11.4 Å². The van der Waals surface area contributed by atoms with E-state index in [2.05, 4.69) is 0 Å². The Balaban J connectivity index is 1.88. The number of hydrogen-bond donors (Lipinski definition) is 0. The van der Waals surface area contributed by atoms with E-state index in [1.165, 1.54) is 11.8 Å². The third kappa shape index (κ3) is 2.82. The maximum Gasteiger partial charge on any atom is 0.295 e. The second-order valence-corrected chi connectivity index (χ2v) is 7.65. The van der Waals surface area contributed by atoms with Gasteiger partial charge >= 0.3 is 0 Å². The van der Waals surface area contributed by atoms with Crippen LogP contribution in [-0.2, 0) is 11.8 Å². The lowest BCUT2D eigenvalue weighted by molar-refractivity contribution is -0.115. The van der Waals surface area contributed by atoms with Crippen LogP contribution in [0, 0.1) is 6.92 Å². The largest absolute Gasteiger partial charge is 0.496 e. The summed E-state index contributed by atoms with van der Waals surface area (Å²) in [5.74, 6) is 0.950. The second kappa shape index (κ2) is 7.24. The zero-order chi connectivity index (χ0) is 19.8. The van der Waals surface area contributed by atoms with Gasteiger partial charge in [0.15, 0.2) is 0 Å². The number of anilines is 1. The van der Waals surface area contributed by atoms with Crippen LogP contribution in [-0.4, -0.2) is 28.1 Å². The maximum absolute atomic E-state index is 13.4. The number of amides is 1. The predicted octanol–water partition coefficient (Wildman–Crippen LogP) is 3.27. The van der Waals surface area contributed by atoms with Crippen molar-refractivity contribution in [2.75, 3.05) is 17.8 Å². The molecule has 0 radical (unpaired) electrons. The van der Waals surface area contributed by atoms with Crippen LogP contribution in [0.15, 0.2) is 59.4 Å². The highest BCUT2D eigenvalue weighted by Crippen LogP contribution is 2.44. The van der Waals surface area contributed by atoms with E-state index in [-0.39, 0.29) is 16.8 Å². The smallest absolute Gasteiger partial charge is 0.295 e. The molecule has 28 heavy (non-hydrogen) atoms. The molecule has 4 rings (SSSR count). The molecule has 6 nitrogen and oxygen atoms in total. The van der Waals surface area contributed by atoms with Crippen LogP contribution < -0.4 is 15.2 Å². The minimum Gasteiger partial charge on any atom is -0.496 e. The van der Waals surface area contributed by atoms with E-state index < -0.39 is 0 Å². The van der Waals surface area contributed by atoms with Crippen molar-refractivity contribution in [3.63, 3.8) is 0 Å². The molecule has 1 aromatic heterocycles. The number of aromatic nitrogens is 2. The molecule has 1 aliphatic rings. The Morgan fingerprint density at radius 3 is 2.43 bits per heavy atom. The van der Waals surface area contributed by atoms with E-state index in [1.807, 2.05) is 68.6 Å². The van der Waals surface area contributed by atoms with E-state index in [4.69, 9.17) is 4.74 Å². The quantitative estimate of drug-likeness (QED) is 0.680. The summed E-state index contributed by atoms with van der Waals surface area (Å²) < 4.78 is 8.89. The number of nitrogens with zero attached hydrogens (tertiary/aromatic N) is 3. The van der Waals surface area contributed by atoms with Crippen LogP contribution >= 0.6 is 11.8 Å². The van der Waals surface area contributed by atoms with E-state index in [9.17, 15) is 9.59 Å². The third-order valence-electron chi connectivity index (χ3n) is 5.04. The molecule has 1 saturated heterocycles. The molecule has 0 aliphatic carbocycles. The summed E-state index contributed by atoms with van der Waals surface area (Å²) in [6.07, 6.45) is 0. The van der Waals surface area contributed by atoms with Gasteiger partial charge in [-0.2, -0.15) is 0 Å². The minimum absolute atomic E-state index is 0.0769. The van der Waals surface area contributed by atoms with Crippen molar-refractivity contribution in [3.05, 3.63) is 76.2 Å². The van der Waals surface area contributed by atoms with Crippen LogP contribution in [0.4, 0.5) is 5.69 Å². The van der Waals surface area contributed by atoms with E-state index in [0.29, 0.717) is 17.2 Å². The molecule has 144 valence electrons. The summed E-state index contributed by atoms with van der Waals surface area (Å²) in [6.45, 7) is 1.87. The summed E-state index contributed by atoms with van der Waals surface area (Å²) in [5.41, 5.74) is 2.59. The Labute approximate surface area is 167 Å². The van der Waals surface area contributed by atoms with Crippen LogP contribution in [0.25, 0.3) is 5.69 Å². The summed E-state index contributed by atoms with van der Waals surface area (Å²) in [4.78, 5) is 27.8. The van der Waals surface area contributed by atoms with Gasteiger partial charge in [0.1, 0.15) is 16.8 Å². The Morgan fingerprint density at radius 2 is 1.71 bits per heavy atom. The van der Waals surface area contributed by atoms with Crippen LogP contribution in [0.2, 0.25) is 0 Å². The van der Waals surface area contributed by atoms with E-state index in [0.717, 1.165) is 16.9 Å². The fourth-order valence-corrected chi connectivity index (χ4v) is 4.78. The van der Waals surface area contributed by atoms with Crippen LogP contribution in [0.1, 0.15) is 16.6 Å². The first-order valence-electron chi connectivity index (χ1n) is 8.95. The summed E-state index contributed by atoms with van der Waals surface area (Å²) in [5, 5.41) is -0.304. The van der Waals surface area contributed by atoms with Crippen LogP contribution in [0.5, 0.6) is 5.75 Å². The fraction of sp³-hybridized carbons (Fsp3) is 0.238. The van der Waals surface area contributed by atoms with Crippen molar-refractivity contribution in [1.29, 1.82) is 0 Å². The summed E-state index contributed by atoms with van der Waals surface area (Å²) in [6, 6.07) is 17.1. The third-order valence-corrected chi connectivity index (χ3v) is 6.23. The Hall–Kier alpha value is -2.93. The zero-order valence-electron chi connectivity index (χ0n) is 16.0. The normalized spacial score (nSPS) is 16.6. The number of hydrogen-bond acceptors (Lipinski definition) is 4. The van der Waals surface area contributed by atoms with Crippen molar-refractivity contribution in [2.45, 2.75) is 12.3 Å². The molecule has 0 bridgehead atoms. The lowest BCUT2D eigenvalue weighted by Crippen LogP contribution is -2.33. The first-order chi connectivity index (χ1) is 13.5. The predicted molar refractivity (Wildman–Crippen MR) is 111 cm³/mol. The van der Waals surface area contributed by atoms with Crippen molar-refractivity contribution in [1.82, 2.24) is 9.36 Å². The molecule has 1 fully saturated rings. The van der Waals surface area contributed by atoms with Gasteiger partial charge in [-0.05, 0) is 25.1 Å². The van der Waals surface area contributed by atoms with Crippen molar-refractivity contribution < 1.29 is 9.53 Å². The number of methoxy groups -OCH3 is 1. The Bertz CT molecular complexity index is 1090. The minimum atomic E-state index is -0.304. The molecule has 7 heteroatoms. The van der Waals surface area contributed by atoms with Crippen molar-refractivity contribution in [2.24, 2.45) is 7.05 Å². The van der Waals surface area contributed by atoms with Gasteiger partial charge in [-0.1, -0.05) is 36.4 Å². The second-order valence-electron chi connectivity index (χ2n) is 6.58. The number of benzene rings is 2. The number of thioether (sulfide) groups is 1. The van der Waals surface area contributed by atoms with Gasteiger partial charge in [-0.15, -0.1) is 11.8 Å². The average molecular weight is 395 g/mol. The first-order valence-corrected chi connectivity index (χ1v) is 10.00. The van der Waals surface area contributed by atoms with E-state index in [1.54, 1.807) is 21.4 Å². The molecule has 0 spiro atoms. The number of para-hydroxylation sites is 2. The standard InChI is InChI=1S/C21H21N3O3S/c1-14-19(20(26)24(22(14)2)15-9-5-4-6-10-15)23-18(25)13-28-21(23)16-11-7-8-12-17(16)27-3/h4-12,21H,13H2,1-3H3/t21-/m0/s1. The van der Waals surface area contributed by atoms with E-state index >= 15 is 0 Å². The number of carbonyl (C=O) groups is 1. The highest BCUT2D eigenvalue weighted by molar-refractivity contribution is 8.00. The molecular formula is C21H21N3O3S. The molecule has 3 aromatic rings. The molecule has 0 N–H and O–H groups in total. The molecule has 0 unspecified atom stereocenters. The molecule has 1 aliphatic heterocycles. The number of ether oxygens (including phenoxy) is 1. The van der Waals surface area contributed by atoms with Gasteiger partial charge in [0, 0.05) is 12.6 Å².